The topological polar surface area (TPSA) is 55.8 Å². The minimum Gasteiger partial charge on any atom is -0.354 e. The van der Waals surface area contributed by atoms with E-state index in [1.165, 1.54) is 0 Å². The van der Waals surface area contributed by atoms with Crippen LogP contribution in [0.4, 0.5) is 5.82 Å². The van der Waals surface area contributed by atoms with Crippen molar-refractivity contribution in [3.05, 3.63) is 17.8 Å². The minimum absolute atomic E-state index is 0.277. The van der Waals surface area contributed by atoms with Gasteiger partial charge in [0.1, 0.15) is 5.82 Å². The molecule has 2 heterocycles. The Kier molecular flexibility index (Phi) is 0.616. The normalized spacial score (nSPS) is 57.6. The summed E-state index contributed by atoms with van der Waals surface area (Å²) >= 11 is 0. The molecule has 1 atom stereocenters. The summed E-state index contributed by atoms with van der Waals surface area (Å²) in [6.45, 7) is -7.47. The predicted octanol–water partition coefficient (Wildman–Crippen LogP) is 1.27. The van der Waals surface area contributed by atoms with Crippen molar-refractivity contribution < 1.29 is 19.2 Å². The van der Waals surface area contributed by atoms with Crippen LogP contribution in [0.1, 0.15) is 45.2 Å². The van der Waals surface area contributed by atoms with Gasteiger partial charge in [0.25, 0.3) is 0 Å². The van der Waals surface area contributed by atoms with E-state index in [-0.39, 0.29) is 4.90 Å². The van der Waals surface area contributed by atoms with Crippen LogP contribution < -0.4 is 10.5 Å². The van der Waals surface area contributed by atoms with Crippen molar-refractivity contribution in [2.45, 2.75) is 32.0 Å². The molecule has 1 fully saturated rings. The maximum atomic E-state index is 8.38. The first-order chi connectivity index (χ1) is 12.2. The van der Waals surface area contributed by atoms with E-state index in [0.717, 1.165) is 0 Å². The van der Waals surface area contributed by atoms with Crippen LogP contribution in [0, 0.1) is 5.41 Å². The quantitative estimate of drug-likeness (QED) is 0.727. The van der Waals surface area contributed by atoms with Crippen LogP contribution in [0.2, 0.25) is 0 Å². The summed E-state index contributed by atoms with van der Waals surface area (Å²) in [6.07, 6.45) is -12.2. The van der Waals surface area contributed by atoms with Gasteiger partial charge in [-0.1, -0.05) is 0 Å². The van der Waals surface area contributed by atoms with Gasteiger partial charge in [0.15, 0.2) is 0 Å². The number of nitrogens with zero attached hydrogens (tertiary/aromatic N) is 2. The summed E-state index contributed by atoms with van der Waals surface area (Å²) in [5.74, 6) is -1.15. The molecule has 1 aromatic heterocycles. The summed E-state index contributed by atoms with van der Waals surface area (Å²) in [4.78, 5) is 5.12. The molecule has 0 saturated carbocycles. The van der Waals surface area contributed by atoms with Gasteiger partial charge >= 0.3 is 0 Å². The number of anilines is 1. The van der Waals surface area contributed by atoms with E-state index in [1.54, 1.807) is 0 Å². The molecule has 0 bridgehead atoms. The lowest BCUT2D eigenvalue weighted by molar-refractivity contribution is 0.480. The Morgan fingerprint density at radius 2 is 2.86 bits per heavy atom. The molecule has 1 aliphatic heterocycles. The van der Waals surface area contributed by atoms with Crippen LogP contribution in [0.25, 0.3) is 0 Å². The molecule has 2 rings (SSSR count). The molecule has 14 heavy (non-hydrogen) atoms. The van der Waals surface area contributed by atoms with Crippen LogP contribution >= 0.6 is 0 Å². The third kappa shape index (κ3) is 1.78. The van der Waals surface area contributed by atoms with Gasteiger partial charge in [-0.3, -0.25) is 5.41 Å². The summed E-state index contributed by atoms with van der Waals surface area (Å²) in [6, 6.07) is -4.82. The van der Waals surface area contributed by atoms with Gasteiger partial charge in [-0.25, -0.2) is 0 Å². The minimum atomic E-state index is -3.85. The Labute approximate surface area is 103 Å². The third-order valence-electron chi connectivity index (χ3n) is 1.42. The van der Waals surface area contributed by atoms with Gasteiger partial charge in [-0.15, -0.1) is 0 Å². The molecule has 0 radical (unpaired) electrons. The number of aromatic nitrogens is 2. The lowest BCUT2D eigenvalue weighted by Crippen LogP contribution is -2.38. The second-order valence-corrected chi connectivity index (χ2v) is 2.33. The molecular formula is C10H16N4. The van der Waals surface area contributed by atoms with Crippen LogP contribution in [0.15, 0.2) is 12.2 Å². The Morgan fingerprint density at radius 1 is 1.93 bits per heavy atom. The number of H-pyrrole nitrogens is 1. The fourth-order valence-electron chi connectivity index (χ4n) is 0.859. The summed E-state index contributed by atoms with van der Waals surface area (Å²) in [5.41, 5.74) is -0.852. The van der Waals surface area contributed by atoms with Crippen LogP contribution in [0.3, 0.4) is 0 Å². The molecule has 4 nitrogen and oxygen atoms in total. The number of rotatable bonds is 1. The van der Waals surface area contributed by atoms with Gasteiger partial charge < -0.3 is 9.88 Å². The van der Waals surface area contributed by atoms with Crippen LogP contribution in [0.5, 0.6) is 0 Å². The standard InChI is InChI=1S/C10H16N4/c1-8-4-2-3-7-14(8)9-5-6-12-10(11)13-9/h5-6,8H,2-4,7H2,1H3,(H2,11,12,13)/i1D3,2D2,3D2,4D2,5D,6D,7D2,8D. The monoisotopic (exact) mass is 206 g/mol. The van der Waals surface area contributed by atoms with Gasteiger partial charge in [-0.2, -0.15) is 4.98 Å². The largest absolute Gasteiger partial charge is 0.354 e. The van der Waals surface area contributed by atoms with Gasteiger partial charge in [0.05, 0.1) is 4.11 Å². The van der Waals surface area contributed by atoms with E-state index in [0.29, 0.717) is 0 Å². The maximum Gasteiger partial charge on any atom is 0.221 e. The zero-order valence-electron chi connectivity index (χ0n) is 20.9. The SMILES string of the molecule is [2H]c1[nH]c(=N)nc(N2C([2H])([2H])C([2H])([2H])C([2H])([2H])C([2H])([2H])C2([2H])C([2H])([2H])[2H])c1[2H]. The Bertz CT molecular complexity index is 857. The molecule has 0 amide bonds. The molecule has 0 spiro atoms. The number of nitrogens with one attached hydrogen (secondary N) is 2. The van der Waals surface area contributed by atoms with Crippen molar-refractivity contribution in [1.82, 2.24) is 9.97 Å². The van der Waals surface area contributed by atoms with Crippen molar-refractivity contribution in [2.24, 2.45) is 0 Å². The molecule has 76 valence electrons. The van der Waals surface area contributed by atoms with Crippen molar-refractivity contribution >= 4 is 5.82 Å². The van der Waals surface area contributed by atoms with E-state index in [1.807, 2.05) is 4.98 Å². The van der Waals surface area contributed by atoms with Crippen LogP contribution in [-0.4, -0.2) is 22.5 Å². The number of hydrogen-bond acceptors (Lipinski definition) is 3. The van der Waals surface area contributed by atoms with Gasteiger partial charge in [-0.05, 0) is 32.0 Å². The highest BCUT2D eigenvalue weighted by molar-refractivity contribution is 5.38. The van der Waals surface area contributed by atoms with E-state index >= 15 is 0 Å². The van der Waals surface area contributed by atoms with E-state index in [2.05, 4.69) is 4.98 Å². The molecule has 1 aromatic rings. The Balaban J connectivity index is 3.09. The first-order valence-electron chi connectivity index (χ1n) is 10.6. The average Bonchev–Trinajstić information content (AvgIpc) is 2.48. The summed E-state index contributed by atoms with van der Waals surface area (Å²) in [5, 5.41) is 7.50. The highest BCUT2D eigenvalue weighted by Gasteiger charge is 2.19. The van der Waals surface area contributed by atoms with Crippen LogP contribution in [-0.2, 0) is 0 Å². The molecule has 1 saturated heterocycles. The summed E-state index contributed by atoms with van der Waals surface area (Å²) in [7, 11) is 0. The molecule has 1 aliphatic rings. The molecular weight excluding hydrogens is 176 g/mol. The number of hydrogen-bond donors (Lipinski definition) is 2. The average molecular weight is 206 g/mol. The smallest absolute Gasteiger partial charge is 0.221 e. The number of piperidine rings is 1. The third-order valence-corrected chi connectivity index (χ3v) is 1.42. The molecule has 4 heteroatoms. The van der Waals surface area contributed by atoms with E-state index in [9.17, 15) is 0 Å². The predicted molar refractivity (Wildman–Crippen MR) is 55.1 cm³/mol. The fourth-order valence-corrected chi connectivity index (χ4v) is 0.859. The van der Waals surface area contributed by atoms with E-state index in [4.69, 9.17) is 24.6 Å². The van der Waals surface area contributed by atoms with Gasteiger partial charge in [0.2, 0.25) is 5.62 Å². The maximum absolute atomic E-state index is 8.38. The molecule has 0 aromatic carbocycles. The second kappa shape index (κ2) is 3.82. The Morgan fingerprint density at radius 3 is 3.71 bits per heavy atom. The van der Waals surface area contributed by atoms with E-state index < -0.39 is 62.1 Å². The zero-order valence-corrected chi connectivity index (χ0v) is 6.89. The fraction of sp³-hybridized carbons (Fsp3) is 0.600. The highest BCUT2D eigenvalue weighted by Crippen LogP contribution is 2.21. The lowest BCUT2D eigenvalue weighted by atomic mass is 10.0. The second-order valence-electron chi connectivity index (χ2n) is 2.33. The zero-order chi connectivity index (χ0) is 22.3. The first kappa shape index (κ1) is 2.26. The van der Waals surface area contributed by atoms with Gasteiger partial charge in [0, 0.05) is 33.8 Å². The molecule has 1 unspecified atom stereocenters. The lowest BCUT2D eigenvalue weighted by Gasteiger charge is -2.34. The Hall–Kier alpha value is -1.32. The highest BCUT2D eigenvalue weighted by atomic mass is 15.2. The summed E-state index contributed by atoms with van der Waals surface area (Å²) < 4.78 is 111. The number of aromatic amines is 1. The van der Waals surface area contributed by atoms with Crippen molar-refractivity contribution in [2.75, 3.05) is 11.4 Å². The van der Waals surface area contributed by atoms with Crippen molar-refractivity contribution in [3.8, 4) is 0 Å². The molecule has 0 aliphatic carbocycles. The molecule has 2 N–H and O–H groups in total. The first-order valence-corrected chi connectivity index (χ1v) is 3.62. The van der Waals surface area contributed by atoms with Crippen molar-refractivity contribution in [1.29, 1.82) is 5.41 Å². The van der Waals surface area contributed by atoms with Crippen molar-refractivity contribution in [3.63, 3.8) is 0 Å².